The quantitative estimate of drug-likeness (QED) is 0.526. The van der Waals surface area contributed by atoms with E-state index in [0.717, 1.165) is 17.9 Å². The summed E-state index contributed by atoms with van der Waals surface area (Å²) in [5, 5.41) is 9.31. The highest BCUT2D eigenvalue weighted by atomic mass is 16.7. The second-order valence-electron chi connectivity index (χ2n) is 1.93. The Bertz CT molecular complexity index is 109. The van der Waals surface area contributed by atoms with Gasteiger partial charge in [0.1, 0.15) is 0 Å². The van der Waals surface area contributed by atoms with E-state index in [2.05, 4.69) is 0 Å². The van der Waals surface area contributed by atoms with Crippen LogP contribution in [-0.4, -0.2) is 29.4 Å². The van der Waals surface area contributed by atoms with Crippen LogP contribution in [0.15, 0.2) is 0 Å². The van der Waals surface area contributed by atoms with Crippen LogP contribution in [-0.2, 0) is 4.84 Å². The summed E-state index contributed by atoms with van der Waals surface area (Å²) in [4.78, 5) is 14.9. The third-order valence-electron chi connectivity index (χ3n) is 1.22. The van der Waals surface area contributed by atoms with Crippen LogP contribution in [0.1, 0.15) is 12.8 Å². The molecule has 0 aromatic carbocycles. The molecule has 4 nitrogen and oxygen atoms in total. The number of hydroxylamine groups is 2. The summed E-state index contributed by atoms with van der Waals surface area (Å²) >= 11 is 0. The fourth-order valence-electron chi connectivity index (χ4n) is 0.748. The normalized spacial score (nSPS) is 19.8. The number of carbonyl (C=O) groups is 1. The molecule has 1 N–H and O–H groups in total. The molecule has 1 aliphatic heterocycles. The summed E-state index contributed by atoms with van der Waals surface area (Å²) in [5.74, 6) is 0. The van der Waals surface area contributed by atoms with Gasteiger partial charge < -0.3 is 5.11 Å². The van der Waals surface area contributed by atoms with Gasteiger partial charge in [-0.2, -0.15) is 5.06 Å². The Hall–Kier alpha value is -0.770. The minimum atomic E-state index is -0.991. The van der Waals surface area contributed by atoms with Crippen molar-refractivity contribution in [2.24, 2.45) is 0 Å². The molecule has 52 valence electrons. The Morgan fingerprint density at radius 3 is 2.67 bits per heavy atom. The van der Waals surface area contributed by atoms with Crippen molar-refractivity contribution in [3.63, 3.8) is 0 Å². The molecule has 0 aromatic rings. The van der Waals surface area contributed by atoms with Crippen LogP contribution in [0.5, 0.6) is 0 Å². The molecule has 1 heterocycles. The number of hydrogen-bond acceptors (Lipinski definition) is 2. The van der Waals surface area contributed by atoms with E-state index >= 15 is 0 Å². The molecule has 0 atom stereocenters. The lowest BCUT2D eigenvalue weighted by Gasteiger charge is -2.22. The van der Waals surface area contributed by atoms with E-state index < -0.39 is 6.09 Å². The molecule has 0 aliphatic carbocycles. The van der Waals surface area contributed by atoms with Crippen LogP contribution in [0, 0.1) is 0 Å². The van der Waals surface area contributed by atoms with Crippen LogP contribution < -0.4 is 0 Å². The molecule has 0 aromatic heterocycles. The van der Waals surface area contributed by atoms with E-state index in [-0.39, 0.29) is 0 Å². The second-order valence-corrected chi connectivity index (χ2v) is 1.93. The molecule has 0 bridgehead atoms. The summed E-state index contributed by atoms with van der Waals surface area (Å²) in [6.07, 6.45) is 0.880. The van der Waals surface area contributed by atoms with Crippen LogP contribution in [0.2, 0.25) is 0 Å². The number of carboxylic acid groups (broad SMARTS) is 1. The first-order valence-electron chi connectivity index (χ1n) is 2.94. The van der Waals surface area contributed by atoms with Gasteiger partial charge >= 0.3 is 6.09 Å². The molecule has 0 saturated carbocycles. The molecule has 9 heavy (non-hydrogen) atoms. The standard InChI is InChI=1S/C5H9NO3/c7-5(8)6-3-1-2-4-9-6/h1-4H2,(H,7,8). The molecule has 0 unspecified atom stereocenters. The summed E-state index contributed by atoms with van der Waals surface area (Å²) in [5.41, 5.74) is 0. The van der Waals surface area contributed by atoms with E-state index in [1.54, 1.807) is 0 Å². The average molecular weight is 131 g/mol. The number of amides is 1. The highest BCUT2D eigenvalue weighted by Gasteiger charge is 2.15. The topological polar surface area (TPSA) is 49.8 Å². The van der Waals surface area contributed by atoms with Gasteiger partial charge in [-0.15, -0.1) is 0 Å². The van der Waals surface area contributed by atoms with Crippen molar-refractivity contribution in [3.8, 4) is 0 Å². The maximum absolute atomic E-state index is 10.2. The molecule has 4 heteroatoms. The van der Waals surface area contributed by atoms with Gasteiger partial charge in [0.25, 0.3) is 0 Å². The smallest absolute Gasteiger partial charge is 0.431 e. The second kappa shape index (κ2) is 2.68. The largest absolute Gasteiger partial charge is 0.463 e. The van der Waals surface area contributed by atoms with Crippen molar-refractivity contribution in [1.29, 1.82) is 0 Å². The van der Waals surface area contributed by atoms with Crippen molar-refractivity contribution in [3.05, 3.63) is 0 Å². The average Bonchev–Trinajstić information content (AvgIpc) is 1.90. The molecule has 1 fully saturated rings. The van der Waals surface area contributed by atoms with E-state index in [1.165, 1.54) is 0 Å². The van der Waals surface area contributed by atoms with E-state index in [4.69, 9.17) is 9.94 Å². The van der Waals surface area contributed by atoms with Gasteiger partial charge in [0.15, 0.2) is 0 Å². The highest BCUT2D eigenvalue weighted by molar-refractivity contribution is 5.63. The molecule has 0 radical (unpaired) electrons. The number of nitrogens with zero attached hydrogens (tertiary/aromatic N) is 1. The molecule has 1 saturated heterocycles. The Kier molecular flexibility index (Phi) is 1.89. The van der Waals surface area contributed by atoms with Gasteiger partial charge in [-0.05, 0) is 12.8 Å². The summed E-state index contributed by atoms with van der Waals surface area (Å²) in [7, 11) is 0. The maximum atomic E-state index is 10.2. The van der Waals surface area contributed by atoms with Crippen LogP contribution in [0.3, 0.4) is 0 Å². The summed E-state index contributed by atoms with van der Waals surface area (Å²) in [6, 6.07) is 0. The Morgan fingerprint density at radius 1 is 1.56 bits per heavy atom. The van der Waals surface area contributed by atoms with Crippen LogP contribution in [0.4, 0.5) is 4.79 Å². The predicted molar refractivity (Wildman–Crippen MR) is 29.9 cm³/mol. The molecule has 1 aliphatic rings. The van der Waals surface area contributed by atoms with Crippen molar-refractivity contribution in [1.82, 2.24) is 5.06 Å². The Labute approximate surface area is 53.0 Å². The lowest BCUT2D eigenvalue weighted by molar-refractivity contribution is -0.151. The zero-order valence-electron chi connectivity index (χ0n) is 5.04. The van der Waals surface area contributed by atoms with E-state index in [9.17, 15) is 4.79 Å². The maximum Gasteiger partial charge on any atom is 0.431 e. The Morgan fingerprint density at radius 2 is 2.33 bits per heavy atom. The number of rotatable bonds is 0. The van der Waals surface area contributed by atoms with Gasteiger partial charge in [-0.1, -0.05) is 0 Å². The van der Waals surface area contributed by atoms with Gasteiger partial charge in [0, 0.05) is 0 Å². The fourth-order valence-corrected chi connectivity index (χ4v) is 0.748. The molecule has 1 amide bonds. The lowest BCUT2D eigenvalue weighted by atomic mass is 10.3. The summed E-state index contributed by atoms with van der Waals surface area (Å²) in [6.45, 7) is 1.04. The third-order valence-corrected chi connectivity index (χ3v) is 1.22. The van der Waals surface area contributed by atoms with Gasteiger partial charge in [-0.25, -0.2) is 4.79 Å². The third kappa shape index (κ3) is 1.57. The van der Waals surface area contributed by atoms with Crippen LogP contribution >= 0.6 is 0 Å². The fraction of sp³-hybridized carbons (Fsp3) is 0.800. The van der Waals surface area contributed by atoms with Gasteiger partial charge in [0.05, 0.1) is 13.2 Å². The van der Waals surface area contributed by atoms with E-state index in [0.29, 0.717) is 13.2 Å². The first-order valence-corrected chi connectivity index (χ1v) is 2.94. The van der Waals surface area contributed by atoms with Crippen molar-refractivity contribution in [2.75, 3.05) is 13.2 Å². The minimum Gasteiger partial charge on any atom is -0.463 e. The lowest BCUT2D eigenvalue weighted by Crippen LogP contribution is -2.34. The zero-order chi connectivity index (χ0) is 6.69. The van der Waals surface area contributed by atoms with E-state index in [1.807, 2.05) is 0 Å². The van der Waals surface area contributed by atoms with Gasteiger partial charge in [0.2, 0.25) is 0 Å². The zero-order valence-corrected chi connectivity index (χ0v) is 5.04. The first-order chi connectivity index (χ1) is 4.30. The van der Waals surface area contributed by atoms with Crippen molar-refractivity contribution < 1.29 is 14.7 Å². The number of hydrogen-bond donors (Lipinski definition) is 1. The minimum absolute atomic E-state index is 0.509. The first kappa shape index (κ1) is 6.35. The molecular weight excluding hydrogens is 122 g/mol. The summed E-state index contributed by atoms with van der Waals surface area (Å²) < 4.78 is 0. The predicted octanol–water partition coefficient (Wildman–Crippen LogP) is 0.692. The van der Waals surface area contributed by atoms with Crippen LogP contribution in [0.25, 0.3) is 0 Å². The van der Waals surface area contributed by atoms with Gasteiger partial charge in [-0.3, -0.25) is 4.84 Å². The molecule has 0 spiro atoms. The van der Waals surface area contributed by atoms with Crippen molar-refractivity contribution >= 4 is 6.09 Å². The Balaban J connectivity index is 2.31. The molecule has 1 rings (SSSR count). The monoisotopic (exact) mass is 131 g/mol. The van der Waals surface area contributed by atoms with Crippen molar-refractivity contribution in [2.45, 2.75) is 12.8 Å². The molecular formula is C5H9NO3. The highest BCUT2D eigenvalue weighted by Crippen LogP contribution is 2.04. The SMILES string of the molecule is O=C(O)N1CCCCO1.